The Kier molecular flexibility index (Phi) is 6.66. The monoisotopic (exact) mass is 447 g/mol. The largest absolute Gasteiger partial charge is 0.491 e. The van der Waals surface area contributed by atoms with E-state index in [9.17, 15) is 9.59 Å². The molecular weight excluding hydrogens is 422 g/mol. The van der Waals surface area contributed by atoms with Gasteiger partial charge >= 0.3 is 0 Å². The number of carbonyl (C=O) groups is 1. The average molecular weight is 448 g/mol. The Morgan fingerprint density at radius 2 is 1.84 bits per heavy atom. The highest BCUT2D eigenvalue weighted by atomic mass is 32.1. The predicted octanol–water partition coefficient (Wildman–Crippen LogP) is 4.40. The molecule has 4 aromatic rings. The van der Waals surface area contributed by atoms with Crippen molar-refractivity contribution in [3.63, 3.8) is 0 Å². The topological polar surface area (TPSA) is 84.1 Å². The first kappa shape index (κ1) is 21.8. The van der Waals surface area contributed by atoms with E-state index in [2.05, 4.69) is 15.3 Å². The molecule has 0 bridgehead atoms. The molecule has 0 spiro atoms. The SMILES string of the molecule is Cc1sc2nc(CCC(=O)NCCOc3ccccc3-c3ccccc3)[nH]c(=O)c2c1C. The van der Waals surface area contributed by atoms with Crippen molar-refractivity contribution in [1.82, 2.24) is 15.3 Å². The van der Waals surface area contributed by atoms with Crippen LogP contribution in [0.4, 0.5) is 0 Å². The summed E-state index contributed by atoms with van der Waals surface area (Å²) < 4.78 is 5.91. The minimum Gasteiger partial charge on any atom is -0.491 e. The van der Waals surface area contributed by atoms with Crippen molar-refractivity contribution >= 4 is 27.5 Å². The summed E-state index contributed by atoms with van der Waals surface area (Å²) in [6.45, 7) is 4.67. The van der Waals surface area contributed by atoms with Gasteiger partial charge in [0.2, 0.25) is 5.91 Å². The summed E-state index contributed by atoms with van der Waals surface area (Å²) in [5.41, 5.74) is 2.93. The van der Waals surface area contributed by atoms with Crippen LogP contribution < -0.4 is 15.6 Å². The molecule has 0 saturated carbocycles. The number of aromatic amines is 1. The molecule has 0 aliphatic heterocycles. The van der Waals surface area contributed by atoms with Crippen molar-refractivity contribution in [1.29, 1.82) is 0 Å². The standard InChI is InChI=1S/C25H25N3O3S/c1-16-17(2)32-25-23(16)24(30)27-21(28-25)12-13-22(29)26-14-15-31-20-11-7-6-10-19(20)18-8-4-3-5-9-18/h3-11H,12-15H2,1-2H3,(H,26,29)(H,27,28,30). The van der Waals surface area contributed by atoms with Crippen LogP contribution in [0, 0.1) is 13.8 Å². The molecule has 0 aliphatic carbocycles. The number of amides is 1. The first-order valence-electron chi connectivity index (χ1n) is 10.6. The average Bonchev–Trinajstić information content (AvgIpc) is 3.10. The summed E-state index contributed by atoms with van der Waals surface area (Å²) in [6.07, 6.45) is 0.628. The third-order valence-electron chi connectivity index (χ3n) is 5.33. The molecule has 6 nitrogen and oxygen atoms in total. The van der Waals surface area contributed by atoms with Crippen LogP contribution in [0.15, 0.2) is 59.4 Å². The van der Waals surface area contributed by atoms with E-state index in [4.69, 9.17) is 4.74 Å². The van der Waals surface area contributed by atoms with Crippen molar-refractivity contribution in [2.24, 2.45) is 0 Å². The lowest BCUT2D eigenvalue weighted by Crippen LogP contribution is -2.28. The van der Waals surface area contributed by atoms with Gasteiger partial charge in [0.25, 0.3) is 5.56 Å². The van der Waals surface area contributed by atoms with E-state index in [0.29, 0.717) is 30.8 Å². The Labute approximate surface area is 190 Å². The Morgan fingerprint density at radius 1 is 1.09 bits per heavy atom. The van der Waals surface area contributed by atoms with Gasteiger partial charge in [-0.25, -0.2) is 4.98 Å². The van der Waals surface area contributed by atoms with Crippen LogP contribution in [0.25, 0.3) is 21.3 Å². The van der Waals surface area contributed by atoms with Gasteiger partial charge in [-0.1, -0.05) is 48.5 Å². The number of nitrogens with one attached hydrogen (secondary N) is 2. The lowest BCUT2D eigenvalue weighted by Gasteiger charge is -2.12. The van der Waals surface area contributed by atoms with E-state index in [1.54, 1.807) is 0 Å². The molecule has 2 heterocycles. The van der Waals surface area contributed by atoms with Gasteiger partial charge in [-0.05, 0) is 31.0 Å². The molecule has 2 N–H and O–H groups in total. The molecule has 4 rings (SSSR count). The number of aromatic nitrogens is 2. The fraction of sp³-hybridized carbons (Fsp3) is 0.240. The second-order valence-electron chi connectivity index (χ2n) is 7.54. The van der Waals surface area contributed by atoms with Gasteiger partial charge in [0.15, 0.2) is 0 Å². The molecule has 1 amide bonds. The third-order valence-corrected chi connectivity index (χ3v) is 6.43. The number of carbonyl (C=O) groups excluding carboxylic acids is 1. The number of rotatable bonds is 8. The summed E-state index contributed by atoms with van der Waals surface area (Å²) in [5.74, 6) is 1.21. The zero-order chi connectivity index (χ0) is 22.5. The fourth-order valence-electron chi connectivity index (χ4n) is 3.54. The van der Waals surface area contributed by atoms with Crippen molar-refractivity contribution in [3.8, 4) is 16.9 Å². The normalized spacial score (nSPS) is 10.9. The number of aryl methyl sites for hydroxylation is 3. The zero-order valence-electron chi connectivity index (χ0n) is 18.1. The molecule has 0 radical (unpaired) electrons. The Hall–Kier alpha value is -3.45. The van der Waals surface area contributed by atoms with E-state index >= 15 is 0 Å². The van der Waals surface area contributed by atoms with Gasteiger partial charge in [0, 0.05) is 23.3 Å². The molecule has 0 fully saturated rings. The first-order chi connectivity index (χ1) is 15.5. The smallest absolute Gasteiger partial charge is 0.259 e. The van der Waals surface area contributed by atoms with Crippen LogP contribution in [0.5, 0.6) is 5.75 Å². The maximum absolute atomic E-state index is 12.3. The quantitative estimate of drug-likeness (QED) is 0.392. The molecule has 7 heteroatoms. The summed E-state index contributed by atoms with van der Waals surface area (Å²) >= 11 is 1.51. The maximum atomic E-state index is 12.3. The first-order valence-corrected chi connectivity index (χ1v) is 11.4. The predicted molar refractivity (Wildman–Crippen MR) is 128 cm³/mol. The number of benzene rings is 2. The van der Waals surface area contributed by atoms with E-state index in [1.807, 2.05) is 68.4 Å². The van der Waals surface area contributed by atoms with Crippen LogP contribution in [0.2, 0.25) is 0 Å². The van der Waals surface area contributed by atoms with Crippen LogP contribution in [-0.2, 0) is 11.2 Å². The number of H-pyrrole nitrogens is 1. The third kappa shape index (κ3) is 4.89. The Balaban J connectivity index is 1.28. The van der Waals surface area contributed by atoms with E-state index < -0.39 is 0 Å². The zero-order valence-corrected chi connectivity index (χ0v) is 18.9. The van der Waals surface area contributed by atoms with E-state index in [1.165, 1.54) is 11.3 Å². The van der Waals surface area contributed by atoms with Crippen molar-refractivity contribution < 1.29 is 9.53 Å². The highest BCUT2D eigenvalue weighted by molar-refractivity contribution is 7.18. The number of nitrogens with zero attached hydrogens (tertiary/aromatic N) is 1. The second-order valence-corrected chi connectivity index (χ2v) is 8.74. The molecule has 0 unspecified atom stereocenters. The van der Waals surface area contributed by atoms with E-state index in [-0.39, 0.29) is 17.9 Å². The summed E-state index contributed by atoms with van der Waals surface area (Å²) in [6, 6.07) is 17.9. The Bertz CT molecular complexity index is 1300. The second kappa shape index (κ2) is 9.78. The molecule has 0 aliphatic rings. The van der Waals surface area contributed by atoms with Crippen LogP contribution in [0.3, 0.4) is 0 Å². The van der Waals surface area contributed by atoms with Gasteiger partial charge in [0.1, 0.15) is 23.0 Å². The van der Waals surface area contributed by atoms with Gasteiger partial charge in [-0.3, -0.25) is 9.59 Å². The van der Waals surface area contributed by atoms with Crippen molar-refractivity contribution in [3.05, 3.63) is 81.2 Å². The number of para-hydroxylation sites is 1. The molecule has 0 saturated heterocycles. The van der Waals surface area contributed by atoms with E-state index in [0.717, 1.165) is 32.1 Å². The minimum absolute atomic E-state index is 0.105. The highest BCUT2D eigenvalue weighted by Crippen LogP contribution is 2.29. The Morgan fingerprint density at radius 3 is 2.66 bits per heavy atom. The molecule has 2 aromatic carbocycles. The molecular formula is C25H25N3O3S. The molecule has 0 atom stereocenters. The lowest BCUT2D eigenvalue weighted by molar-refractivity contribution is -0.121. The lowest BCUT2D eigenvalue weighted by atomic mass is 10.1. The van der Waals surface area contributed by atoms with Gasteiger partial charge in [-0.2, -0.15) is 0 Å². The minimum atomic E-state index is -0.141. The van der Waals surface area contributed by atoms with Crippen LogP contribution in [-0.4, -0.2) is 29.0 Å². The van der Waals surface area contributed by atoms with Crippen molar-refractivity contribution in [2.45, 2.75) is 26.7 Å². The number of thiophene rings is 1. The summed E-state index contributed by atoms with van der Waals surface area (Å²) in [5, 5.41) is 3.51. The van der Waals surface area contributed by atoms with Crippen LogP contribution >= 0.6 is 11.3 Å². The highest BCUT2D eigenvalue weighted by Gasteiger charge is 2.12. The summed E-state index contributed by atoms with van der Waals surface area (Å²) in [4.78, 5) is 33.7. The fourth-order valence-corrected chi connectivity index (χ4v) is 4.59. The van der Waals surface area contributed by atoms with Crippen molar-refractivity contribution in [2.75, 3.05) is 13.2 Å². The number of hydrogen-bond donors (Lipinski definition) is 2. The molecule has 2 aromatic heterocycles. The number of fused-ring (bicyclic) bond motifs is 1. The maximum Gasteiger partial charge on any atom is 0.259 e. The number of hydrogen-bond acceptors (Lipinski definition) is 5. The number of ether oxygens (including phenoxy) is 1. The van der Waals surface area contributed by atoms with Crippen LogP contribution in [0.1, 0.15) is 22.7 Å². The molecule has 164 valence electrons. The van der Waals surface area contributed by atoms with Gasteiger partial charge in [-0.15, -0.1) is 11.3 Å². The van der Waals surface area contributed by atoms with Gasteiger partial charge < -0.3 is 15.0 Å². The van der Waals surface area contributed by atoms with Gasteiger partial charge in [0.05, 0.1) is 11.9 Å². The molecule has 32 heavy (non-hydrogen) atoms. The summed E-state index contributed by atoms with van der Waals surface area (Å²) in [7, 11) is 0.